The van der Waals surface area contributed by atoms with Crippen LogP contribution in [0.5, 0.6) is 0 Å². The second kappa shape index (κ2) is 23.4. The molecule has 0 aliphatic heterocycles. The normalized spacial score (nSPS) is 9.86. The summed E-state index contributed by atoms with van der Waals surface area (Å²) in [5.41, 5.74) is 0. The van der Waals surface area contributed by atoms with Gasteiger partial charge in [0.2, 0.25) is 0 Å². The van der Waals surface area contributed by atoms with Gasteiger partial charge in [-0.15, -0.1) is 0 Å². The number of carbonyl (C=O) groups is 1. The quantitative estimate of drug-likeness (QED) is 0.319. The number of unbranched alkanes of at least 4 members (excludes halogenated alkanes) is 14. The smallest absolute Gasteiger partial charge is 1.00 e. The molecule has 0 aromatic carbocycles. The summed E-state index contributed by atoms with van der Waals surface area (Å²) in [5.74, 6) is -0.903. The van der Waals surface area contributed by atoms with Crippen molar-refractivity contribution in [3.63, 3.8) is 0 Å². The van der Waals surface area contributed by atoms with E-state index in [0.29, 0.717) is 0 Å². The number of carbonyl (C=O) groups excluding carboxylic acids is 1. The molecule has 2 nitrogen and oxygen atoms in total. The first-order valence-corrected chi connectivity index (χ1v) is 8.97. The van der Waals surface area contributed by atoms with Gasteiger partial charge in [0.05, 0.1) is 0 Å². The molecule has 0 aromatic rings. The van der Waals surface area contributed by atoms with Crippen LogP contribution in [0.4, 0.5) is 0 Å². The van der Waals surface area contributed by atoms with E-state index in [9.17, 15) is 9.90 Å². The molecule has 0 amide bonds. The molecule has 0 aromatic heterocycles. The van der Waals surface area contributed by atoms with E-state index in [2.05, 4.69) is 6.92 Å². The molecule has 0 aliphatic carbocycles. The van der Waals surface area contributed by atoms with Crippen LogP contribution in [0.3, 0.4) is 0 Å². The summed E-state index contributed by atoms with van der Waals surface area (Å²) in [4.78, 5) is 10.2. The monoisotopic (exact) mass is 326 g/mol. The van der Waals surface area contributed by atoms with Gasteiger partial charge < -0.3 is 14.6 Å². The first-order valence-electron chi connectivity index (χ1n) is 8.97. The Morgan fingerprint density at radius 1 is 0.636 bits per heavy atom. The van der Waals surface area contributed by atoms with Crippen molar-refractivity contribution in [3.05, 3.63) is 0 Å². The van der Waals surface area contributed by atoms with Gasteiger partial charge in [-0.05, 0) is 12.8 Å². The molecule has 0 spiro atoms. The minimum Gasteiger partial charge on any atom is -1.00 e. The van der Waals surface area contributed by atoms with Crippen molar-refractivity contribution in [1.82, 2.24) is 0 Å². The molecule has 0 bridgehead atoms. The van der Waals surface area contributed by atoms with Crippen molar-refractivity contribution in [3.8, 4) is 0 Å². The second-order valence-corrected chi connectivity index (χ2v) is 6.07. The van der Waals surface area contributed by atoms with E-state index >= 15 is 0 Å². The molecule has 0 saturated carbocycles. The molecule has 0 unspecified atom stereocenters. The Morgan fingerprint density at radius 2 is 0.909 bits per heavy atom. The van der Waals surface area contributed by atoms with Gasteiger partial charge in [-0.3, -0.25) is 0 Å². The number of hydrogen-bond acceptors (Lipinski definition) is 2. The Hall–Kier alpha value is 0.166. The van der Waals surface area contributed by atoms with Gasteiger partial charge in [0, 0.05) is 5.97 Å². The van der Waals surface area contributed by atoms with E-state index < -0.39 is 5.97 Å². The molecule has 0 N–H and O–H groups in total. The maximum atomic E-state index is 10.2. The third kappa shape index (κ3) is 25.1. The fourth-order valence-corrected chi connectivity index (χ4v) is 2.64. The first kappa shape index (κ1) is 27.0. The molecule has 0 atom stereocenters. The van der Waals surface area contributed by atoms with Gasteiger partial charge in [0.15, 0.2) is 0 Å². The van der Waals surface area contributed by atoms with Crippen LogP contribution < -0.4 is 9.81 Å². The maximum Gasteiger partial charge on any atom is 2.00 e. The second-order valence-electron chi connectivity index (χ2n) is 6.07. The number of carboxylic acids is 1. The van der Waals surface area contributed by atoms with Crippen molar-refractivity contribution >= 4 is 29.0 Å². The van der Waals surface area contributed by atoms with Gasteiger partial charge in [0.1, 0.15) is 0 Å². The van der Waals surface area contributed by atoms with E-state index in [0.717, 1.165) is 12.8 Å². The summed E-state index contributed by atoms with van der Waals surface area (Å²) < 4.78 is 0. The van der Waals surface area contributed by atoms with Gasteiger partial charge in [-0.25, -0.2) is 0 Å². The van der Waals surface area contributed by atoms with E-state index in [1.165, 1.54) is 83.5 Å². The summed E-state index contributed by atoms with van der Waals surface area (Å²) in [5, 5.41) is 10.2. The summed E-state index contributed by atoms with van der Waals surface area (Å²) in [6.07, 6.45) is 19.9. The zero-order valence-corrected chi connectivity index (χ0v) is 16.1. The Kier molecular flexibility index (Phi) is 28.8. The Labute approximate surface area is 153 Å². The standard InChI is InChI=1S/C18H36O2.FH.Mg/c1-2-3-4-5-6-7-8-9-10-11-12-13-14-15-16-17-18(19)20;;/h2-17H2,1H3,(H,19,20);1H;/q;;+2/p-2. The van der Waals surface area contributed by atoms with Crippen LogP contribution >= 0.6 is 0 Å². The minimum atomic E-state index is -0.903. The minimum absolute atomic E-state index is 0. The van der Waals surface area contributed by atoms with Gasteiger partial charge in [-0.1, -0.05) is 96.8 Å². The molecule has 22 heavy (non-hydrogen) atoms. The zero-order valence-electron chi connectivity index (χ0n) is 14.7. The molecule has 128 valence electrons. The molecule has 0 aliphatic rings. The molecular formula is C18H35FMgO2. The number of aliphatic carboxylic acids is 1. The van der Waals surface area contributed by atoms with Gasteiger partial charge >= 0.3 is 23.1 Å². The third-order valence-electron chi connectivity index (χ3n) is 3.98. The average Bonchev–Trinajstić information content (AvgIpc) is 2.43. The van der Waals surface area contributed by atoms with Crippen LogP contribution in [0.25, 0.3) is 0 Å². The predicted octanol–water partition coefficient (Wildman–Crippen LogP) is 1.62. The number of carboxylic acid groups (broad SMARTS) is 1. The Balaban J connectivity index is -0.00000180. The fraction of sp³-hybridized carbons (Fsp3) is 0.944. The summed E-state index contributed by atoms with van der Waals surface area (Å²) in [6.45, 7) is 2.27. The first-order chi connectivity index (χ1) is 9.77. The molecule has 0 fully saturated rings. The van der Waals surface area contributed by atoms with Crippen molar-refractivity contribution in [2.75, 3.05) is 0 Å². The van der Waals surface area contributed by atoms with Crippen LogP contribution in [0.1, 0.15) is 110 Å². The van der Waals surface area contributed by atoms with Crippen LogP contribution in [0.15, 0.2) is 0 Å². The van der Waals surface area contributed by atoms with Crippen LogP contribution in [0.2, 0.25) is 0 Å². The van der Waals surface area contributed by atoms with Crippen molar-refractivity contribution < 1.29 is 14.6 Å². The fourth-order valence-electron chi connectivity index (χ4n) is 2.64. The Morgan fingerprint density at radius 3 is 1.18 bits per heavy atom. The van der Waals surface area contributed by atoms with E-state index in [4.69, 9.17) is 0 Å². The molecule has 0 heterocycles. The van der Waals surface area contributed by atoms with E-state index in [1.54, 1.807) is 0 Å². The topological polar surface area (TPSA) is 40.1 Å². The van der Waals surface area contributed by atoms with Crippen LogP contribution in [-0.2, 0) is 4.79 Å². The van der Waals surface area contributed by atoms with Crippen molar-refractivity contribution in [2.45, 2.75) is 110 Å². The zero-order chi connectivity index (χ0) is 14.9. The number of rotatable bonds is 16. The van der Waals surface area contributed by atoms with Crippen molar-refractivity contribution in [1.29, 1.82) is 0 Å². The number of halogens is 1. The SMILES string of the molecule is CCCCCCCCCCCCCCCCCC(=O)[O-].[F-].[Mg+2]. The summed E-state index contributed by atoms with van der Waals surface area (Å²) >= 11 is 0. The molecule has 4 heteroatoms. The van der Waals surface area contributed by atoms with E-state index in [-0.39, 0.29) is 34.2 Å². The maximum absolute atomic E-state index is 10.2. The Bertz CT molecular complexity index is 213. The predicted molar refractivity (Wildman–Crippen MR) is 90.3 cm³/mol. The molecule has 0 rings (SSSR count). The molecule has 0 radical (unpaired) electrons. The van der Waals surface area contributed by atoms with Crippen molar-refractivity contribution in [2.24, 2.45) is 0 Å². The summed E-state index contributed by atoms with van der Waals surface area (Å²) in [7, 11) is 0. The largest absolute Gasteiger partial charge is 2.00 e. The van der Waals surface area contributed by atoms with Crippen LogP contribution in [0, 0.1) is 0 Å². The summed E-state index contributed by atoms with van der Waals surface area (Å²) in [6, 6.07) is 0. The number of hydrogen-bond donors (Lipinski definition) is 0. The van der Waals surface area contributed by atoms with E-state index in [1.807, 2.05) is 0 Å². The third-order valence-corrected chi connectivity index (χ3v) is 3.98. The van der Waals surface area contributed by atoms with Gasteiger partial charge in [0.25, 0.3) is 0 Å². The molecule has 0 saturated heterocycles. The molecular weight excluding hydrogens is 291 g/mol. The van der Waals surface area contributed by atoms with Gasteiger partial charge in [-0.2, -0.15) is 0 Å². The average molecular weight is 327 g/mol. The van der Waals surface area contributed by atoms with Crippen LogP contribution in [-0.4, -0.2) is 29.0 Å².